The lowest BCUT2D eigenvalue weighted by Crippen LogP contribution is -1.95. The molecule has 0 fully saturated rings. The Balaban J connectivity index is 2.31. The average Bonchev–Trinajstić information content (AvgIpc) is 2.51. The molecule has 0 saturated carbocycles. The highest BCUT2D eigenvalue weighted by Crippen LogP contribution is 2.34. The number of hydrogen-bond donors (Lipinski definition) is 0. The summed E-state index contributed by atoms with van der Waals surface area (Å²) < 4.78 is 4.72. The summed E-state index contributed by atoms with van der Waals surface area (Å²) in [5.41, 5.74) is 3.22. The molecule has 14 heavy (non-hydrogen) atoms. The molecule has 1 aliphatic rings. The van der Waals surface area contributed by atoms with Crippen LogP contribution in [-0.4, -0.2) is 13.1 Å². The first-order valence-corrected chi connectivity index (χ1v) is 4.72. The second kappa shape index (κ2) is 3.84. The van der Waals surface area contributed by atoms with Crippen LogP contribution in [0.15, 0.2) is 29.3 Å². The number of benzene rings is 1. The number of allylic oxidation sites excluding steroid dienone is 1. The van der Waals surface area contributed by atoms with Gasteiger partial charge in [0.2, 0.25) is 0 Å². The van der Waals surface area contributed by atoms with Crippen LogP contribution in [0.1, 0.15) is 11.1 Å². The van der Waals surface area contributed by atoms with Crippen LogP contribution < -0.4 is 0 Å². The highest BCUT2D eigenvalue weighted by Gasteiger charge is 2.19. The zero-order chi connectivity index (χ0) is 9.97. The van der Waals surface area contributed by atoms with E-state index in [9.17, 15) is 4.79 Å². The smallest absolute Gasteiger partial charge is 0.293 e. The second-order valence-corrected chi connectivity index (χ2v) is 3.58. The third kappa shape index (κ3) is 1.53. The summed E-state index contributed by atoms with van der Waals surface area (Å²) in [4.78, 5) is 10.1. The van der Waals surface area contributed by atoms with E-state index in [-0.39, 0.29) is 6.61 Å². The van der Waals surface area contributed by atoms with E-state index in [4.69, 9.17) is 16.3 Å². The van der Waals surface area contributed by atoms with Gasteiger partial charge in [0.05, 0.1) is 0 Å². The molecule has 1 aromatic carbocycles. The number of carbonyl (C=O) groups excluding carboxylic acids is 1. The summed E-state index contributed by atoms with van der Waals surface area (Å²) in [6.45, 7) is 0.706. The minimum absolute atomic E-state index is 0.263. The first-order valence-electron chi connectivity index (χ1n) is 4.34. The standard InChI is InChI=1S/C11H9ClO2/c12-11-5-8-3-1-2-4-9(8)10(11)6-14-7-13/h1-4,7H,5-6H2. The Hall–Kier alpha value is -1.28. The normalized spacial score (nSPS) is 14.1. The monoisotopic (exact) mass is 208 g/mol. The molecule has 1 aromatic rings. The lowest BCUT2D eigenvalue weighted by atomic mass is 10.1. The van der Waals surface area contributed by atoms with Crippen molar-refractivity contribution in [2.45, 2.75) is 6.42 Å². The Morgan fingerprint density at radius 3 is 3.00 bits per heavy atom. The molecule has 2 rings (SSSR count). The van der Waals surface area contributed by atoms with Gasteiger partial charge in [-0.05, 0) is 11.1 Å². The van der Waals surface area contributed by atoms with Crippen LogP contribution in [0.2, 0.25) is 0 Å². The van der Waals surface area contributed by atoms with E-state index in [1.54, 1.807) is 0 Å². The van der Waals surface area contributed by atoms with Crippen molar-refractivity contribution in [3.63, 3.8) is 0 Å². The van der Waals surface area contributed by atoms with Crippen molar-refractivity contribution < 1.29 is 9.53 Å². The topological polar surface area (TPSA) is 26.3 Å². The van der Waals surface area contributed by atoms with Gasteiger partial charge < -0.3 is 4.74 Å². The molecule has 3 heteroatoms. The molecule has 0 bridgehead atoms. The number of halogens is 1. The SMILES string of the molecule is O=COCC1=C(Cl)Cc2ccccc21. The van der Waals surface area contributed by atoms with Gasteiger partial charge in [-0.3, -0.25) is 4.79 Å². The second-order valence-electron chi connectivity index (χ2n) is 3.12. The maximum Gasteiger partial charge on any atom is 0.293 e. The Labute approximate surface area is 87.1 Å². The number of rotatable bonds is 3. The quantitative estimate of drug-likeness (QED) is 0.713. The van der Waals surface area contributed by atoms with Crippen molar-refractivity contribution in [2.75, 3.05) is 6.61 Å². The summed E-state index contributed by atoms with van der Waals surface area (Å²) in [5.74, 6) is 0. The molecule has 0 N–H and O–H groups in total. The van der Waals surface area contributed by atoms with Crippen molar-refractivity contribution in [3.05, 3.63) is 40.4 Å². The largest absolute Gasteiger partial charge is 0.463 e. The molecule has 0 heterocycles. The molecule has 0 saturated heterocycles. The van der Waals surface area contributed by atoms with Gasteiger partial charge >= 0.3 is 0 Å². The fraction of sp³-hybridized carbons (Fsp3) is 0.182. The van der Waals surface area contributed by atoms with Crippen LogP contribution >= 0.6 is 11.6 Å². The van der Waals surface area contributed by atoms with Crippen LogP contribution in [0.3, 0.4) is 0 Å². The molecule has 72 valence electrons. The number of carbonyl (C=O) groups is 1. The van der Waals surface area contributed by atoms with Gasteiger partial charge in [0.15, 0.2) is 0 Å². The van der Waals surface area contributed by atoms with Gasteiger partial charge in [-0.1, -0.05) is 35.9 Å². The summed E-state index contributed by atoms with van der Waals surface area (Å²) >= 11 is 6.06. The molecule has 0 atom stereocenters. The van der Waals surface area contributed by atoms with Crippen LogP contribution in [-0.2, 0) is 16.0 Å². The highest BCUT2D eigenvalue weighted by molar-refractivity contribution is 6.33. The lowest BCUT2D eigenvalue weighted by Gasteiger charge is -2.03. The minimum Gasteiger partial charge on any atom is -0.463 e. The van der Waals surface area contributed by atoms with E-state index in [1.807, 2.05) is 24.3 Å². The average molecular weight is 209 g/mol. The van der Waals surface area contributed by atoms with Crippen LogP contribution in [0.5, 0.6) is 0 Å². The predicted octanol–water partition coefficient (Wildman–Crippen LogP) is 2.37. The predicted molar refractivity (Wildman–Crippen MR) is 54.9 cm³/mol. The minimum atomic E-state index is 0.263. The first-order chi connectivity index (χ1) is 6.83. The summed E-state index contributed by atoms with van der Waals surface area (Å²) in [6, 6.07) is 7.96. The van der Waals surface area contributed by atoms with Gasteiger partial charge in [0.1, 0.15) is 6.61 Å². The molecular formula is C11H9ClO2. The molecule has 0 spiro atoms. The van der Waals surface area contributed by atoms with Gasteiger partial charge in [0.25, 0.3) is 6.47 Å². The third-order valence-corrected chi connectivity index (χ3v) is 2.67. The third-order valence-electron chi connectivity index (χ3n) is 2.31. The number of fused-ring (bicyclic) bond motifs is 1. The van der Waals surface area contributed by atoms with Gasteiger partial charge in [-0.15, -0.1) is 0 Å². The van der Waals surface area contributed by atoms with Crippen LogP contribution in [0.25, 0.3) is 5.57 Å². The molecule has 0 unspecified atom stereocenters. The van der Waals surface area contributed by atoms with Crippen molar-refractivity contribution >= 4 is 23.6 Å². The fourth-order valence-electron chi connectivity index (χ4n) is 1.66. The zero-order valence-electron chi connectivity index (χ0n) is 7.50. The van der Waals surface area contributed by atoms with Gasteiger partial charge in [0, 0.05) is 17.0 Å². The molecule has 0 radical (unpaired) electrons. The maximum atomic E-state index is 10.1. The first kappa shape index (κ1) is 9.28. The molecule has 0 aromatic heterocycles. The summed E-state index contributed by atoms with van der Waals surface area (Å²) in [7, 11) is 0. The van der Waals surface area contributed by atoms with E-state index in [2.05, 4.69) is 0 Å². The van der Waals surface area contributed by atoms with Crippen molar-refractivity contribution in [3.8, 4) is 0 Å². The lowest BCUT2D eigenvalue weighted by molar-refractivity contribution is -0.127. The molecule has 0 amide bonds. The van der Waals surface area contributed by atoms with Crippen molar-refractivity contribution in [1.82, 2.24) is 0 Å². The summed E-state index contributed by atoms with van der Waals surface area (Å²) in [6.07, 6.45) is 0.745. The molecule has 1 aliphatic carbocycles. The van der Waals surface area contributed by atoms with Gasteiger partial charge in [-0.2, -0.15) is 0 Å². The molecule has 0 aliphatic heterocycles. The molecule has 2 nitrogen and oxygen atoms in total. The number of hydrogen-bond acceptors (Lipinski definition) is 2. The van der Waals surface area contributed by atoms with E-state index in [1.165, 1.54) is 5.56 Å². The van der Waals surface area contributed by atoms with E-state index in [0.29, 0.717) is 6.47 Å². The Morgan fingerprint density at radius 2 is 2.21 bits per heavy atom. The van der Waals surface area contributed by atoms with Crippen molar-refractivity contribution in [2.24, 2.45) is 0 Å². The zero-order valence-corrected chi connectivity index (χ0v) is 8.25. The molecular weight excluding hydrogens is 200 g/mol. The fourth-order valence-corrected chi connectivity index (χ4v) is 1.96. The Kier molecular flexibility index (Phi) is 2.55. The highest BCUT2D eigenvalue weighted by atomic mass is 35.5. The van der Waals surface area contributed by atoms with Crippen molar-refractivity contribution in [1.29, 1.82) is 0 Å². The Bertz CT molecular complexity index is 396. The van der Waals surface area contributed by atoms with Crippen LogP contribution in [0, 0.1) is 0 Å². The Morgan fingerprint density at radius 1 is 1.43 bits per heavy atom. The number of ether oxygens (including phenoxy) is 1. The van der Waals surface area contributed by atoms with Gasteiger partial charge in [-0.25, -0.2) is 0 Å². The summed E-state index contributed by atoms with van der Waals surface area (Å²) in [5, 5.41) is 0.771. The van der Waals surface area contributed by atoms with E-state index in [0.717, 1.165) is 22.6 Å². The van der Waals surface area contributed by atoms with E-state index >= 15 is 0 Å². The van der Waals surface area contributed by atoms with E-state index < -0.39 is 0 Å². The maximum absolute atomic E-state index is 10.1. The van der Waals surface area contributed by atoms with Crippen LogP contribution in [0.4, 0.5) is 0 Å².